The first-order valence-electron chi connectivity index (χ1n) is 12.5. The van der Waals surface area contributed by atoms with Crippen LogP contribution in [0.5, 0.6) is 0 Å². The summed E-state index contributed by atoms with van der Waals surface area (Å²) < 4.78 is 6.68. The Kier molecular flexibility index (Phi) is 6.95. The van der Waals surface area contributed by atoms with Crippen LogP contribution in [-0.2, 0) is 19.1 Å². The molecule has 0 radical (unpaired) electrons. The van der Waals surface area contributed by atoms with Crippen molar-refractivity contribution in [2.45, 2.75) is 103 Å². The van der Waals surface area contributed by atoms with Gasteiger partial charge in [0, 0.05) is 12.1 Å². The Morgan fingerprint density at radius 2 is 1.91 bits per heavy atom. The van der Waals surface area contributed by atoms with E-state index in [9.17, 15) is 19.5 Å². The summed E-state index contributed by atoms with van der Waals surface area (Å²) in [5, 5.41) is 16.3. The minimum Gasteiger partial charge on any atom is -0.394 e. The topological polar surface area (TPSA) is 108 Å². The van der Waals surface area contributed by atoms with Gasteiger partial charge in [-0.2, -0.15) is 0 Å². The van der Waals surface area contributed by atoms with Gasteiger partial charge in [0.1, 0.15) is 11.6 Å². The van der Waals surface area contributed by atoms with Gasteiger partial charge in [0.25, 0.3) is 0 Å². The Hall–Kier alpha value is -1.67. The highest BCUT2D eigenvalue weighted by Crippen LogP contribution is 2.65. The maximum absolute atomic E-state index is 14.0. The number of nitrogens with zero attached hydrogens (tertiary/aromatic N) is 1. The third-order valence-electron chi connectivity index (χ3n) is 7.68. The molecule has 3 N–H and O–H groups in total. The van der Waals surface area contributed by atoms with Crippen molar-refractivity contribution in [2.75, 3.05) is 13.2 Å². The van der Waals surface area contributed by atoms with E-state index >= 15 is 0 Å². The second-order valence-electron chi connectivity index (χ2n) is 11.9. The first kappa shape index (κ1) is 25.9. The molecule has 188 valence electrons. The maximum atomic E-state index is 14.0. The predicted molar refractivity (Wildman–Crippen MR) is 125 cm³/mol. The van der Waals surface area contributed by atoms with Crippen LogP contribution in [0.3, 0.4) is 0 Å². The molecule has 0 aromatic rings. The molecule has 0 aromatic heterocycles. The van der Waals surface area contributed by atoms with Crippen molar-refractivity contribution in [1.29, 1.82) is 0 Å². The number of carbonyl (C=O) groups is 3. The molecule has 0 saturated carbocycles. The van der Waals surface area contributed by atoms with Crippen molar-refractivity contribution in [2.24, 2.45) is 23.7 Å². The lowest BCUT2D eigenvalue weighted by Gasteiger charge is -2.39. The number of rotatable bonds is 8. The largest absolute Gasteiger partial charge is 0.394 e. The molecule has 33 heavy (non-hydrogen) atoms. The quantitative estimate of drug-likeness (QED) is 0.507. The Bertz CT molecular complexity index is 793. The molecule has 8 heteroatoms. The first-order chi connectivity index (χ1) is 15.2. The van der Waals surface area contributed by atoms with E-state index in [1.807, 2.05) is 55.4 Å². The van der Waals surface area contributed by atoms with E-state index in [-0.39, 0.29) is 36.2 Å². The van der Waals surface area contributed by atoms with E-state index in [0.29, 0.717) is 19.4 Å². The number of aliphatic hydroxyl groups excluding tert-OH is 1. The summed E-state index contributed by atoms with van der Waals surface area (Å²) in [5.41, 5.74) is -2.41. The second-order valence-corrected chi connectivity index (χ2v) is 11.9. The molecule has 3 heterocycles. The van der Waals surface area contributed by atoms with Crippen LogP contribution in [0.25, 0.3) is 0 Å². The van der Waals surface area contributed by atoms with Crippen molar-refractivity contribution in [1.82, 2.24) is 15.5 Å². The summed E-state index contributed by atoms with van der Waals surface area (Å²) in [6, 6.07) is -1.41. The monoisotopic (exact) mass is 465 g/mol. The number of amides is 3. The van der Waals surface area contributed by atoms with Gasteiger partial charge >= 0.3 is 0 Å². The van der Waals surface area contributed by atoms with Gasteiger partial charge in [-0.05, 0) is 58.8 Å². The highest BCUT2D eigenvalue weighted by Gasteiger charge is 2.80. The summed E-state index contributed by atoms with van der Waals surface area (Å²) in [4.78, 5) is 42.7. The minimum absolute atomic E-state index is 0.00138. The van der Waals surface area contributed by atoms with Crippen LogP contribution in [0.15, 0.2) is 0 Å². The van der Waals surface area contributed by atoms with Gasteiger partial charge in [0.15, 0.2) is 0 Å². The summed E-state index contributed by atoms with van der Waals surface area (Å²) >= 11 is 0. The van der Waals surface area contributed by atoms with E-state index in [4.69, 9.17) is 4.74 Å². The van der Waals surface area contributed by atoms with Gasteiger partial charge in [-0.25, -0.2) is 0 Å². The van der Waals surface area contributed by atoms with Crippen molar-refractivity contribution in [3.05, 3.63) is 0 Å². The molecule has 3 rings (SSSR count). The average molecular weight is 466 g/mol. The highest BCUT2D eigenvalue weighted by atomic mass is 16.5. The number of likely N-dealkylation sites (tertiary alicyclic amines) is 1. The third-order valence-corrected chi connectivity index (χ3v) is 7.68. The summed E-state index contributed by atoms with van der Waals surface area (Å²) in [6.07, 6.45) is 1.87. The van der Waals surface area contributed by atoms with E-state index in [2.05, 4.69) is 10.6 Å². The zero-order chi connectivity index (χ0) is 24.9. The minimum atomic E-state index is -1.08. The first-order valence-corrected chi connectivity index (χ1v) is 12.5. The lowest BCUT2D eigenvalue weighted by atomic mass is 9.62. The molecule has 3 fully saturated rings. The van der Waals surface area contributed by atoms with Crippen LogP contribution < -0.4 is 10.6 Å². The molecule has 0 aromatic carbocycles. The van der Waals surface area contributed by atoms with Crippen molar-refractivity contribution in [3.63, 3.8) is 0 Å². The predicted octanol–water partition coefficient (Wildman–Crippen LogP) is 1.85. The fraction of sp³-hybridized carbons (Fsp3) is 0.880. The zero-order valence-electron chi connectivity index (χ0n) is 21.5. The molecule has 3 aliphatic rings. The number of nitrogens with one attached hydrogen (secondary N) is 2. The Balaban J connectivity index is 2.12. The molecule has 1 spiro atoms. The molecular formula is C25H43N3O5. The lowest BCUT2D eigenvalue weighted by Crippen LogP contribution is -2.60. The van der Waals surface area contributed by atoms with E-state index in [1.54, 1.807) is 4.90 Å². The molecule has 3 unspecified atom stereocenters. The van der Waals surface area contributed by atoms with Crippen LogP contribution in [-0.4, -0.2) is 69.7 Å². The Morgan fingerprint density at radius 1 is 1.27 bits per heavy atom. The van der Waals surface area contributed by atoms with Gasteiger partial charge in [-0.15, -0.1) is 0 Å². The summed E-state index contributed by atoms with van der Waals surface area (Å²) in [6.45, 7) is 16.0. The number of carbonyl (C=O) groups excluding carboxylic acids is 3. The van der Waals surface area contributed by atoms with Crippen LogP contribution in [0.2, 0.25) is 0 Å². The van der Waals surface area contributed by atoms with Gasteiger partial charge in [0.2, 0.25) is 17.7 Å². The highest BCUT2D eigenvalue weighted by molar-refractivity contribution is 5.99. The van der Waals surface area contributed by atoms with Crippen LogP contribution in [0, 0.1) is 23.7 Å². The fourth-order valence-corrected chi connectivity index (χ4v) is 6.39. The Morgan fingerprint density at radius 3 is 2.42 bits per heavy atom. The molecule has 7 atom stereocenters. The standard InChI is InChI=1S/C25H43N3O5/c1-9-10-26-20(30)17-18-22(32)28(16(13-29)11-14(2)3)19(21(31)27-23(5,6)7)25(18)12-15(4)24(17,8)33-25/h14-19,29H,9-13H2,1-8H3,(H,26,30)(H,27,31)/t15?,16-,17+,18+,19?,24-,25?/m1/s1. The SMILES string of the molecule is CCCNC(=O)[C@@H]1[C@H]2C(=O)N([C@@H](CO)CC(C)C)C(C(=O)NC(C)(C)C)C23CC(C)[C@@]1(C)O3. The van der Waals surface area contributed by atoms with Gasteiger partial charge in [-0.1, -0.05) is 27.7 Å². The normalized spacial score (nSPS) is 36.3. The van der Waals surface area contributed by atoms with Crippen LogP contribution >= 0.6 is 0 Å². The molecule has 0 aliphatic carbocycles. The van der Waals surface area contributed by atoms with Crippen molar-refractivity contribution < 1.29 is 24.2 Å². The van der Waals surface area contributed by atoms with Gasteiger partial charge in [0.05, 0.1) is 30.1 Å². The van der Waals surface area contributed by atoms with Crippen LogP contribution in [0.1, 0.15) is 74.7 Å². The number of aliphatic hydroxyl groups is 1. The van der Waals surface area contributed by atoms with E-state index in [0.717, 1.165) is 6.42 Å². The summed E-state index contributed by atoms with van der Waals surface area (Å²) in [5.74, 6) is -1.92. The van der Waals surface area contributed by atoms with Gasteiger partial charge in [-0.3, -0.25) is 14.4 Å². The number of fused-ring (bicyclic) bond motifs is 1. The third kappa shape index (κ3) is 4.18. The number of hydrogen-bond acceptors (Lipinski definition) is 5. The van der Waals surface area contributed by atoms with Crippen molar-refractivity contribution in [3.8, 4) is 0 Å². The summed E-state index contributed by atoms with van der Waals surface area (Å²) in [7, 11) is 0. The van der Waals surface area contributed by atoms with E-state index < -0.39 is 40.7 Å². The zero-order valence-corrected chi connectivity index (χ0v) is 21.5. The molecule has 3 amide bonds. The molecular weight excluding hydrogens is 422 g/mol. The Labute approximate surface area is 198 Å². The van der Waals surface area contributed by atoms with Crippen LogP contribution in [0.4, 0.5) is 0 Å². The van der Waals surface area contributed by atoms with E-state index in [1.165, 1.54) is 0 Å². The average Bonchev–Trinajstić information content (AvgIpc) is 3.20. The van der Waals surface area contributed by atoms with Crippen molar-refractivity contribution >= 4 is 17.7 Å². The number of hydrogen-bond donors (Lipinski definition) is 3. The van der Waals surface area contributed by atoms with Gasteiger partial charge < -0.3 is 25.4 Å². The number of ether oxygens (including phenoxy) is 1. The molecule has 8 nitrogen and oxygen atoms in total. The second kappa shape index (κ2) is 8.84. The smallest absolute Gasteiger partial charge is 0.246 e. The molecule has 3 aliphatic heterocycles. The lowest BCUT2D eigenvalue weighted by molar-refractivity contribution is -0.151. The maximum Gasteiger partial charge on any atom is 0.246 e. The molecule has 3 saturated heterocycles. The molecule has 2 bridgehead atoms. The fourth-order valence-electron chi connectivity index (χ4n) is 6.39.